The van der Waals surface area contributed by atoms with Gasteiger partial charge in [-0.2, -0.15) is 0 Å². The molecule has 0 atom stereocenters. The van der Waals surface area contributed by atoms with Crippen LogP contribution in [-0.2, 0) is 23.1 Å². The molecule has 5 nitrogen and oxygen atoms in total. The van der Waals surface area contributed by atoms with E-state index >= 15 is 0 Å². The molecule has 1 aliphatic rings. The van der Waals surface area contributed by atoms with Crippen molar-refractivity contribution >= 4 is 38.9 Å². The van der Waals surface area contributed by atoms with Crippen LogP contribution in [0.1, 0.15) is 21.5 Å². The number of benzene rings is 1. The SMILES string of the molecule is NS(=O)(=O)c1sc(Cl)cc1C(=O)N1Cc2ccccc2C1. The van der Waals surface area contributed by atoms with E-state index in [2.05, 4.69) is 0 Å². The first kappa shape index (κ1) is 14.5. The van der Waals surface area contributed by atoms with Crippen molar-refractivity contribution in [2.75, 3.05) is 0 Å². The number of nitrogens with two attached hydrogens (primary N) is 1. The Morgan fingerprint density at radius 3 is 2.33 bits per heavy atom. The number of halogens is 1. The third-order valence-electron chi connectivity index (χ3n) is 3.28. The molecule has 1 aromatic heterocycles. The van der Waals surface area contributed by atoms with Crippen LogP contribution in [0.15, 0.2) is 34.5 Å². The normalized spacial score (nSPS) is 14.3. The number of carbonyl (C=O) groups excluding carboxylic acids is 1. The second-order valence-corrected chi connectivity index (χ2v) is 8.17. The maximum absolute atomic E-state index is 12.6. The van der Waals surface area contributed by atoms with Gasteiger partial charge in [0.05, 0.1) is 9.90 Å². The molecule has 1 aliphatic heterocycles. The van der Waals surface area contributed by atoms with E-state index in [4.69, 9.17) is 16.7 Å². The van der Waals surface area contributed by atoms with Crippen molar-refractivity contribution in [1.82, 2.24) is 4.90 Å². The van der Waals surface area contributed by atoms with Gasteiger partial charge in [0, 0.05) is 13.1 Å². The quantitative estimate of drug-likeness (QED) is 0.908. The maximum Gasteiger partial charge on any atom is 0.256 e. The molecular formula is C13H11ClN2O3S2. The van der Waals surface area contributed by atoms with Gasteiger partial charge in [-0.3, -0.25) is 4.79 Å². The lowest BCUT2D eigenvalue weighted by Gasteiger charge is -2.15. The molecule has 8 heteroatoms. The van der Waals surface area contributed by atoms with Crippen LogP contribution in [0.5, 0.6) is 0 Å². The topological polar surface area (TPSA) is 80.5 Å². The summed E-state index contributed by atoms with van der Waals surface area (Å²) in [5, 5.41) is 5.14. The van der Waals surface area contributed by atoms with Gasteiger partial charge in [0.1, 0.15) is 4.21 Å². The average Bonchev–Trinajstić information content (AvgIpc) is 3.00. The van der Waals surface area contributed by atoms with Crippen LogP contribution < -0.4 is 5.14 Å². The molecule has 0 saturated heterocycles. The Kier molecular flexibility index (Phi) is 3.53. The van der Waals surface area contributed by atoms with E-state index in [9.17, 15) is 13.2 Å². The Labute approximate surface area is 131 Å². The smallest absolute Gasteiger partial charge is 0.256 e. The summed E-state index contributed by atoms with van der Waals surface area (Å²) in [5.41, 5.74) is 2.16. The van der Waals surface area contributed by atoms with Crippen molar-refractivity contribution in [1.29, 1.82) is 0 Å². The molecule has 1 aromatic carbocycles. The number of primary sulfonamides is 1. The fourth-order valence-corrected chi connectivity index (χ4v) is 4.63. The van der Waals surface area contributed by atoms with Crippen molar-refractivity contribution in [3.8, 4) is 0 Å². The van der Waals surface area contributed by atoms with Crippen LogP contribution in [0, 0.1) is 0 Å². The number of fused-ring (bicyclic) bond motifs is 1. The molecule has 0 bridgehead atoms. The molecule has 0 spiro atoms. The Morgan fingerprint density at radius 2 is 1.81 bits per heavy atom. The van der Waals surface area contributed by atoms with E-state index in [1.54, 1.807) is 4.90 Å². The summed E-state index contributed by atoms with van der Waals surface area (Å²) in [6, 6.07) is 9.07. The molecule has 0 saturated carbocycles. The minimum absolute atomic E-state index is 0.0420. The first-order valence-corrected chi connectivity index (χ1v) is 8.78. The zero-order chi connectivity index (χ0) is 15.2. The van der Waals surface area contributed by atoms with Crippen molar-refractivity contribution in [2.45, 2.75) is 17.3 Å². The molecule has 2 N–H and O–H groups in total. The van der Waals surface area contributed by atoms with E-state index in [1.165, 1.54) is 6.07 Å². The highest BCUT2D eigenvalue weighted by Gasteiger charge is 2.29. The maximum atomic E-state index is 12.6. The molecule has 21 heavy (non-hydrogen) atoms. The minimum atomic E-state index is -3.97. The summed E-state index contributed by atoms with van der Waals surface area (Å²) in [7, 11) is -3.97. The molecule has 0 aliphatic carbocycles. The molecule has 0 fully saturated rings. The molecule has 0 unspecified atom stereocenters. The zero-order valence-electron chi connectivity index (χ0n) is 10.7. The predicted octanol–water partition coefficient (Wildman–Crippen LogP) is 2.20. The number of thiophene rings is 1. The van der Waals surface area contributed by atoms with Crippen LogP contribution in [0.4, 0.5) is 0 Å². The highest BCUT2D eigenvalue weighted by atomic mass is 35.5. The van der Waals surface area contributed by atoms with Gasteiger partial charge >= 0.3 is 0 Å². The van der Waals surface area contributed by atoms with Crippen molar-refractivity contribution in [3.05, 3.63) is 51.4 Å². The molecule has 0 radical (unpaired) electrons. The number of hydrogen-bond donors (Lipinski definition) is 1. The van der Waals surface area contributed by atoms with Gasteiger partial charge in [-0.15, -0.1) is 11.3 Å². The first-order valence-electron chi connectivity index (χ1n) is 6.04. The lowest BCUT2D eigenvalue weighted by molar-refractivity contribution is 0.0748. The zero-order valence-corrected chi connectivity index (χ0v) is 13.1. The van der Waals surface area contributed by atoms with Gasteiger partial charge in [-0.05, 0) is 17.2 Å². The summed E-state index contributed by atoms with van der Waals surface area (Å²) in [4.78, 5) is 14.1. The highest BCUT2D eigenvalue weighted by Crippen LogP contribution is 2.32. The minimum Gasteiger partial charge on any atom is -0.330 e. The number of sulfonamides is 1. The van der Waals surface area contributed by atoms with Gasteiger partial charge in [-0.25, -0.2) is 13.6 Å². The van der Waals surface area contributed by atoms with E-state index < -0.39 is 10.0 Å². The largest absolute Gasteiger partial charge is 0.330 e. The van der Waals surface area contributed by atoms with Crippen molar-refractivity contribution < 1.29 is 13.2 Å². The Bertz CT molecular complexity index is 805. The number of amides is 1. The van der Waals surface area contributed by atoms with Crippen LogP contribution in [0.2, 0.25) is 4.34 Å². The third-order valence-corrected chi connectivity index (χ3v) is 6.03. The third kappa shape index (κ3) is 2.69. The van der Waals surface area contributed by atoms with Crippen LogP contribution in [-0.4, -0.2) is 19.2 Å². The monoisotopic (exact) mass is 342 g/mol. The van der Waals surface area contributed by atoms with E-state index in [1.807, 2.05) is 24.3 Å². The molecule has 1 amide bonds. The van der Waals surface area contributed by atoms with Gasteiger partial charge in [0.15, 0.2) is 0 Å². The Morgan fingerprint density at radius 1 is 1.24 bits per heavy atom. The molecular weight excluding hydrogens is 332 g/mol. The Balaban J connectivity index is 1.95. The molecule has 2 aromatic rings. The fraction of sp³-hybridized carbons (Fsp3) is 0.154. The summed E-state index contributed by atoms with van der Waals surface area (Å²) < 4.78 is 23.2. The van der Waals surface area contributed by atoms with Crippen LogP contribution >= 0.6 is 22.9 Å². The first-order chi connectivity index (χ1) is 9.86. The van der Waals surface area contributed by atoms with Crippen molar-refractivity contribution in [2.24, 2.45) is 5.14 Å². The molecule has 110 valence electrons. The average molecular weight is 343 g/mol. The van der Waals surface area contributed by atoms with Gasteiger partial charge < -0.3 is 4.90 Å². The predicted molar refractivity (Wildman–Crippen MR) is 80.7 cm³/mol. The summed E-state index contributed by atoms with van der Waals surface area (Å²) in [6.45, 7) is 0.902. The second kappa shape index (κ2) is 5.10. The molecule has 2 heterocycles. The molecule has 3 rings (SSSR count). The van der Waals surface area contributed by atoms with E-state index in [-0.39, 0.29) is 20.0 Å². The van der Waals surface area contributed by atoms with Crippen LogP contribution in [0.3, 0.4) is 0 Å². The van der Waals surface area contributed by atoms with Gasteiger partial charge in [0.25, 0.3) is 5.91 Å². The summed E-state index contributed by atoms with van der Waals surface area (Å²) >= 11 is 6.64. The second-order valence-electron chi connectivity index (χ2n) is 4.73. The number of carbonyl (C=O) groups is 1. The standard InChI is InChI=1S/C13H11ClN2O3S2/c14-11-5-10(13(20-11)21(15,18)19)12(17)16-6-8-3-1-2-4-9(8)7-16/h1-5H,6-7H2,(H2,15,18,19). The lowest BCUT2D eigenvalue weighted by atomic mass is 10.1. The van der Waals surface area contributed by atoms with Gasteiger partial charge in [-0.1, -0.05) is 35.9 Å². The number of hydrogen-bond acceptors (Lipinski definition) is 4. The fourth-order valence-electron chi connectivity index (χ4n) is 2.35. The van der Waals surface area contributed by atoms with E-state index in [0.717, 1.165) is 22.5 Å². The summed E-state index contributed by atoms with van der Waals surface area (Å²) in [5.74, 6) is -0.377. The Hall–Kier alpha value is -1.41. The van der Waals surface area contributed by atoms with E-state index in [0.29, 0.717) is 13.1 Å². The summed E-state index contributed by atoms with van der Waals surface area (Å²) in [6.07, 6.45) is 0. The lowest BCUT2D eigenvalue weighted by Crippen LogP contribution is -2.27. The number of rotatable bonds is 2. The van der Waals surface area contributed by atoms with Crippen molar-refractivity contribution in [3.63, 3.8) is 0 Å². The van der Waals surface area contributed by atoms with Crippen LogP contribution in [0.25, 0.3) is 0 Å². The number of nitrogens with zero attached hydrogens (tertiary/aromatic N) is 1. The van der Waals surface area contributed by atoms with Gasteiger partial charge in [0.2, 0.25) is 10.0 Å². The highest BCUT2D eigenvalue weighted by molar-refractivity contribution is 7.91.